The highest BCUT2D eigenvalue weighted by atomic mass is 19.1. The molecule has 2 aromatic carbocycles. The van der Waals surface area contributed by atoms with Gasteiger partial charge in [-0.1, -0.05) is 36.4 Å². The van der Waals surface area contributed by atoms with Gasteiger partial charge in [0.1, 0.15) is 0 Å². The molecule has 0 spiro atoms. The molecule has 136 valence electrons. The van der Waals surface area contributed by atoms with Gasteiger partial charge in [0.25, 0.3) is 5.91 Å². The highest BCUT2D eigenvalue weighted by Gasteiger charge is 2.16. The van der Waals surface area contributed by atoms with Crippen LogP contribution in [0.1, 0.15) is 18.1 Å². The minimum absolute atomic E-state index is 0.119. The monoisotopic (exact) mass is 357 g/mol. The van der Waals surface area contributed by atoms with E-state index in [1.54, 1.807) is 6.07 Å². The summed E-state index contributed by atoms with van der Waals surface area (Å²) in [6.45, 7) is 1.83. The molecule has 1 amide bonds. The molecule has 0 heterocycles. The zero-order valence-electron chi connectivity index (χ0n) is 14.6. The molecule has 0 aromatic heterocycles. The summed E-state index contributed by atoms with van der Waals surface area (Å²) in [4.78, 5) is 23.8. The van der Waals surface area contributed by atoms with Crippen molar-refractivity contribution in [3.8, 4) is 5.75 Å². The molecular weight excluding hydrogens is 337 g/mol. The van der Waals surface area contributed by atoms with Crippen molar-refractivity contribution in [2.24, 2.45) is 0 Å². The predicted molar refractivity (Wildman–Crippen MR) is 95.8 cm³/mol. The first-order chi connectivity index (χ1) is 12.5. The quantitative estimate of drug-likeness (QED) is 0.611. The summed E-state index contributed by atoms with van der Waals surface area (Å²) in [5, 5.41) is 2.69. The maximum atomic E-state index is 13.6. The van der Waals surface area contributed by atoms with Crippen molar-refractivity contribution in [3.63, 3.8) is 0 Å². The number of carbonyl (C=O) groups is 2. The fraction of sp³-hybridized carbons (Fsp3) is 0.200. The summed E-state index contributed by atoms with van der Waals surface area (Å²) in [7, 11) is 1.37. The SMILES string of the molecule is COc1ccc(/C=C/C(=O)O[C@H](C)C(=O)NCc2ccccc2)cc1F. The van der Waals surface area contributed by atoms with E-state index >= 15 is 0 Å². The van der Waals surface area contributed by atoms with Gasteiger partial charge >= 0.3 is 5.97 Å². The smallest absolute Gasteiger partial charge is 0.331 e. The molecule has 6 heteroatoms. The second kappa shape index (κ2) is 9.36. The molecule has 1 N–H and O–H groups in total. The van der Waals surface area contributed by atoms with Crippen LogP contribution in [0.3, 0.4) is 0 Å². The van der Waals surface area contributed by atoms with Crippen LogP contribution in [0.5, 0.6) is 5.75 Å². The fourth-order valence-corrected chi connectivity index (χ4v) is 2.15. The molecule has 0 radical (unpaired) electrons. The van der Waals surface area contributed by atoms with Gasteiger partial charge in [0.15, 0.2) is 17.7 Å². The molecule has 0 fully saturated rings. The summed E-state index contributed by atoms with van der Waals surface area (Å²) < 4.78 is 23.5. The molecule has 26 heavy (non-hydrogen) atoms. The van der Waals surface area contributed by atoms with Crippen LogP contribution in [0.4, 0.5) is 4.39 Å². The van der Waals surface area contributed by atoms with Crippen LogP contribution in [0.2, 0.25) is 0 Å². The maximum absolute atomic E-state index is 13.6. The number of carbonyl (C=O) groups excluding carboxylic acids is 2. The van der Waals surface area contributed by atoms with Crippen molar-refractivity contribution in [3.05, 3.63) is 71.6 Å². The van der Waals surface area contributed by atoms with Gasteiger partial charge in [-0.05, 0) is 36.3 Å². The van der Waals surface area contributed by atoms with Crippen molar-refractivity contribution >= 4 is 18.0 Å². The summed E-state index contributed by atoms with van der Waals surface area (Å²) >= 11 is 0. The van der Waals surface area contributed by atoms with E-state index < -0.39 is 23.8 Å². The molecule has 1 atom stereocenters. The molecule has 0 aliphatic heterocycles. The third-order valence-corrected chi connectivity index (χ3v) is 3.56. The van der Waals surface area contributed by atoms with Crippen molar-refractivity contribution in [1.82, 2.24) is 5.32 Å². The molecule has 5 nitrogen and oxygen atoms in total. The van der Waals surface area contributed by atoms with E-state index in [0.29, 0.717) is 12.1 Å². The third-order valence-electron chi connectivity index (χ3n) is 3.56. The zero-order valence-corrected chi connectivity index (χ0v) is 14.6. The molecule has 2 aromatic rings. The standard InChI is InChI=1S/C20H20FNO4/c1-14(20(24)22-13-16-6-4-3-5-7-16)26-19(23)11-9-15-8-10-18(25-2)17(21)12-15/h3-12,14H,13H2,1-2H3,(H,22,24)/b11-9+/t14-/m1/s1. The Morgan fingerprint density at radius 1 is 1.19 bits per heavy atom. The van der Waals surface area contributed by atoms with Gasteiger partial charge in [-0.2, -0.15) is 0 Å². The highest BCUT2D eigenvalue weighted by Crippen LogP contribution is 2.18. The number of rotatable bonds is 7. The fourth-order valence-electron chi connectivity index (χ4n) is 2.15. The number of benzene rings is 2. The third kappa shape index (κ3) is 5.73. The largest absolute Gasteiger partial charge is 0.494 e. The number of nitrogens with one attached hydrogen (secondary N) is 1. The van der Waals surface area contributed by atoms with E-state index in [9.17, 15) is 14.0 Å². The van der Waals surface area contributed by atoms with Crippen LogP contribution in [-0.2, 0) is 20.9 Å². The number of esters is 1. The van der Waals surface area contributed by atoms with Crippen molar-refractivity contribution < 1.29 is 23.5 Å². The van der Waals surface area contributed by atoms with Crippen molar-refractivity contribution in [2.45, 2.75) is 19.6 Å². The maximum Gasteiger partial charge on any atom is 0.331 e. The number of methoxy groups -OCH3 is 1. The topological polar surface area (TPSA) is 64.6 Å². The van der Waals surface area contributed by atoms with E-state index in [1.807, 2.05) is 30.3 Å². The molecule has 0 bridgehead atoms. The van der Waals surface area contributed by atoms with Gasteiger partial charge in [-0.15, -0.1) is 0 Å². The Morgan fingerprint density at radius 2 is 1.92 bits per heavy atom. The minimum atomic E-state index is -0.941. The number of hydrogen-bond acceptors (Lipinski definition) is 4. The Bertz CT molecular complexity index is 790. The Labute approximate surface area is 151 Å². The van der Waals surface area contributed by atoms with E-state index in [1.165, 1.54) is 32.2 Å². The Balaban J connectivity index is 1.84. The minimum Gasteiger partial charge on any atom is -0.494 e. The predicted octanol–water partition coefficient (Wildman–Crippen LogP) is 3.10. The number of hydrogen-bond donors (Lipinski definition) is 1. The molecule has 0 saturated heterocycles. The zero-order chi connectivity index (χ0) is 18.9. The second-order valence-corrected chi connectivity index (χ2v) is 5.51. The summed E-state index contributed by atoms with van der Waals surface area (Å²) in [6, 6.07) is 13.7. The first kappa shape index (κ1) is 19.2. The average Bonchev–Trinajstić information content (AvgIpc) is 2.65. The summed E-state index contributed by atoms with van der Waals surface area (Å²) in [5.74, 6) is -1.50. The van der Waals surface area contributed by atoms with Gasteiger partial charge in [0, 0.05) is 12.6 Å². The normalized spacial score (nSPS) is 11.8. The molecule has 0 saturated carbocycles. The number of halogens is 1. The van der Waals surface area contributed by atoms with Crippen LogP contribution in [0, 0.1) is 5.82 Å². The van der Waals surface area contributed by atoms with E-state index in [0.717, 1.165) is 11.6 Å². The van der Waals surface area contributed by atoms with Crippen LogP contribution >= 0.6 is 0 Å². The Morgan fingerprint density at radius 3 is 2.58 bits per heavy atom. The molecule has 0 aliphatic rings. The molecule has 2 rings (SSSR count). The van der Waals surface area contributed by atoms with Gasteiger partial charge in [0.05, 0.1) is 7.11 Å². The lowest BCUT2D eigenvalue weighted by atomic mass is 10.2. The van der Waals surface area contributed by atoms with E-state index in [4.69, 9.17) is 9.47 Å². The summed E-state index contributed by atoms with van der Waals surface area (Å²) in [5.41, 5.74) is 1.42. The van der Waals surface area contributed by atoms with Gasteiger partial charge < -0.3 is 14.8 Å². The Kier molecular flexibility index (Phi) is 6.91. The molecule has 0 unspecified atom stereocenters. The van der Waals surface area contributed by atoms with Crippen molar-refractivity contribution in [2.75, 3.05) is 7.11 Å². The van der Waals surface area contributed by atoms with E-state index in [-0.39, 0.29) is 5.75 Å². The van der Waals surface area contributed by atoms with Gasteiger partial charge in [0.2, 0.25) is 0 Å². The van der Waals surface area contributed by atoms with E-state index in [2.05, 4.69) is 5.32 Å². The Hall–Kier alpha value is -3.15. The van der Waals surface area contributed by atoms with Crippen LogP contribution in [0.15, 0.2) is 54.6 Å². The first-order valence-corrected chi connectivity index (χ1v) is 8.03. The van der Waals surface area contributed by atoms with Crippen LogP contribution in [-0.4, -0.2) is 25.1 Å². The van der Waals surface area contributed by atoms with Crippen molar-refractivity contribution in [1.29, 1.82) is 0 Å². The average molecular weight is 357 g/mol. The number of amides is 1. The lowest BCUT2D eigenvalue weighted by Gasteiger charge is -2.12. The van der Waals surface area contributed by atoms with Gasteiger partial charge in [-0.3, -0.25) is 4.79 Å². The second-order valence-electron chi connectivity index (χ2n) is 5.51. The number of ether oxygens (including phenoxy) is 2. The summed E-state index contributed by atoms with van der Waals surface area (Å²) in [6.07, 6.45) is 1.60. The van der Waals surface area contributed by atoms with Gasteiger partial charge in [-0.25, -0.2) is 9.18 Å². The lowest BCUT2D eigenvalue weighted by Crippen LogP contribution is -2.35. The highest BCUT2D eigenvalue weighted by molar-refractivity contribution is 5.90. The first-order valence-electron chi connectivity index (χ1n) is 8.03. The molecule has 0 aliphatic carbocycles. The molecular formula is C20H20FNO4. The van der Waals surface area contributed by atoms with Crippen LogP contribution < -0.4 is 10.1 Å². The van der Waals surface area contributed by atoms with Crippen LogP contribution in [0.25, 0.3) is 6.08 Å². The lowest BCUT2D eigenvalue weighted by molar-refractivity contribution is -0.150.